The van der Waals surface area contributed by atoms with Gasteiger partial charge in [-0.2, -0.15) is 0 Å². The summed E-state index contributed by atoms with van der Waals surface area (Å²) in [6.07, 6.45) is 0. The summed E-state index contributed by atoms with van der Waals surface area (Å²) in [5.74, 6) is -0.326. The molecule has 0 aliphatic rings. The summed E-state index contributed by atoms with van der Waals surface area (Å²) in [7, 11) is 0. The molecule has 0 fully saturated rings. The van der Waals surface area contributed by atoms with E-state index in [0.717, 1.165) is 16.8 Å². The number of aryl methyl sites for hydroxylation is 2. The minimum absolute atomic E-state index is 0.326. The molecule has 0 radical (unpaired) electrons. The van der Waals surface area contributed by atoms with Gasteiger partial charge in [-0.3, -0.25) is 0 Å². The van der Waals surface area contributed by atoms with E-state index in [1.54, 1.807) is 18.2 Å². The van der Waals surface area contributed by atoms with Crippen molar-refractivity contribution in [3.63, 3.8) is 0 Å². The lowest BCUT2D eigenvalue weighted by atomic mass is 10.1. The van der Waals surface area contributed by atoms with Crippen LogP contribution in [-0.2, 0) is 0 Å². The molecule has 4 heteroatoms. The lowest BCUT2D eigenvalue weighted by Crippen LogP contribution is -2.20. The Kier molecular flexibility index (Phi) is 4.12. The SMILES string of the molecule is Cc1ccc(C)c(NC(=S)Nc2ccccc2F)c1. The summed E-state index contributed by atoms with van der Waals surface area (Å²) in [4.78, 5) is 0. The van der Waals surface area contributed by atoms with E-state index >= 15 is 0 Å². The van der Waals surface area contributed by atoms with Crippen LogP contribution in [-0.4, -0.2) is 5.11 Å². The Hall–Kier alpha value is -1.94. The Morgan fingerprint density at radius 3 is 2.42 bits per heavy atom. The second kappa shape index (κ2) is 5.80. The zero-order valence-corrected chi connectivity index (χ0v) is 11.6. The molecule has 0 aromatic heterocycles. The van der Waals surface area contributed by atoms with Crippen LogP contribution in [0.2, 0.25) is 0 Å². The number of thiocarbonyl (C=S) groups is 1. The van der Waals surface area contributed by atoms with E-state index in [0.29, 0.717) is 10.8 Å². The molecule has 0 bridgehead atoms. The molecule has 0 aliphatic carbocycles. The maximum atomic E-state index is 13.5. The topological polar surface area (TPSA) is 24.1 Å². The van der Waals surface area contributed by atoms with Gasteiger partial charge in [0.15, 0.2) is 5.11 Å². The van der Waals surface area contributed by atoms with Gasteiger partial charge in [0.2, 0.25) is 0 Å². The van der Waals surface area contributed by atoms with Gasteiger partial charge in [0.1, 0.15) is 5.82 Å². The van der Waals surface area contributed by atoms with Gasteiger partial charge in [0, 0.05) is 5.69 Å². The number of hydrogen-bond donors (Lipinski definition) is 2. The van der Waals surface area contributed by atoms with Gasteiger partial charge in [-0.1, -0.05) is 24.3 Å². The van der Waals surface area contributed by atoms with Crippen LogP contribution in [0.1, 0.15) is 11.1 Å². The van der Waals surface area contributed by atoms with Gasteiger partial charge in [-0.05, 0) is 55.4 Å². The van der Waals surface area contributed by atoms with E-state index in [1.165, 1.54) is 6.07 Å². The molecule has 2 N–H and O–H groups in total. The molecule has 2 rings (SSSR count). The second-order valence-electron chi connectivity index (χ2n) is 4.38. The van der Waals surface area contributed by atoms with Crippen LogP contribution >= 0.6 is 12.2 Å². The fraction of sp³-hybridized carbons (Fsp3) is 0.133. The van der Waals surface area contributed by atoms with E-state index in [1.807, 2.05) is 32.0 Å². The van der Waals surface area contributed by atoms with Crippen molar-refractivity contribution < 1.29 is 4.39 Å². The molecule has 2 aromatic carbocycles. The highest BCUT2D eigenvalue weighted by Gasteiger charge is 2.05. The van der Waals surface area contributed by atoms with Gasteiger partial charge < -0.3 is 10.6 Å². The third-order valence-corrected chi connectivity index (χ3v) is 2.97. The third-order valence-electron chi connectivity index (χ3n) is 2.76. The van der Waals surface area contributed by atoms with E-state index in [4.69, 9.17) is 12.2 Å². The van der Waals surface area contributed by atoms with Crippen LogP contribution in [0.5, 0.6) is 0 Å². The summed E-state index contributed by atoms with van der Waals surface area (Å²) < 4.78 is 13.5. The molecule has 0 spiro atoms. The molecular formula is C15H15FN2S. The summed E-state index contributed by atoms with van der Waals surface area (Å²) in [6.45, 7) is 4.01. The van der Waals surface area contributed by atoms with Gasteiger partial charge >= 0.3 is 0 Å². The van der Waals surface area contributed by atoms with Crippen LogP contribution in [0.4, 0.5) is 15.8 Å². The van der Waals surface area contributed by atoms with Crippen molar-refractivity contribution >= 4 is 28.7 Å². The summed E-state index contributed by atoms with van der Waals surface area (Å²) in [6, 6.07) is 12.5. The Morgan fingerprint density at radius 2 is 1.68 bits per heavy atom. The molecule has 0 amide bonds. The molecule has 98 valence electrons. The number of benzene rings is 2. The number of rotatable bonds is 2. The van der Waals surface area contributed by atoms with Crippen LogP contribution < -0.4 is 10.6 Å². The lowest BCUT2D eigenvalue weighted by Gasteiger charge is -2.13. The van der Waals surface area contributed by atoms with E-state index in [9.17, 15) is 4.39 Å². The van der Waals surface area contributed by atoms with Crippen molar-refractivity contribution in [2.24, 2.45) is 0 Å². The summed E-state index contributed by atoms with van der Waals surface area (Å²) >= 11 is 5.19. The number of para-hydroxylation sites is 1. The Balaban J connectivity index is 2.10. The average molecular weight is 274 g/mol. The Bertz CT molecular complexity index is 611. The highest BCUT2D eigenvalue weighted by molar-refractivity contribution is 7.80. The molecule has 0 aliphatic heterocycles. The molecule has 2 nitrogen and oxygen atoms in total. The molecule has 0 saturated carbocycles. The van der Waals surface area contributed by atoms with E-state index in [-0.39, 0.29) is 5.82 Å². The van der Waals surface area contributed by atoms with Gasteiger partial charge in [-0.15, -0.1) is 0 Å². The fourth-order valence-electron chi connectivity index (χ4n) is 1.71. The number of halogens is 1. The molecule has 0 saturated heterocycles. The van der Waals surface area contributed by atoms with Gasteiger partial charge in [0.05, 0.1) is 5.69 Å². The number of anilines is 2. The Morgan fingerprint density at radius 1 is 1.00 bits per heavy atom. The largest absolute Gasteiger partial charge is 0.332 e. The molecule has 2 aromatic rings. The molecule has 0 heterocycles. The minimum atomic E-state index is -0.326. The van der Waals surface area contributed by atoms with E-state index in [2.05, 4.69) is 10.6 Å². The third kappa shape index (κ3) is 3.51. The van der Waals surface area contributed by atoms with Crippen molar-refractivity contribution in [1.82, 2.24) is 0 Å². The van der Waals surface area contributed by atoms with Crippen LogP contribution in [0.25, 0.3) is 0 Å². The van der Waals surface area contributed by atoms with Crippen molar-refractivity contribution in [3.05, 3.63) is 59.4 Å². The predicted octanol–water partition coefficient (Wildman–Crippen LogP) is 4.25. The molecule has 0 atom stereocenters. The van der Waals surface area contributed by atoms with Gasteiger partial charge in [-0.25, -0.2) is 4.39 Å². The van der Waals surface area contributed by atoms with Crippen molar-refractivity contribution in [2.45, 2.75) is 13.8 Å². The normalized spacial score (nSPS) is 10.1. The zero-order chi connectivity index (χ0) is 13.8. The van der Waals surface area contributed by atoms with Crippen molar-refractivity contribution in [3.8, 4) is 0 Å². The maximum absolute atomic E-state index is 13.5. The highest BCUT2D eigenvalue weighted by atomic mass is 32.1. The van der Waals surface area contributed by atoms with E-state index < -0.39 is 0 Å². The first kappa shape index (κ1) is 13.5. The predicted molar refractivity (Wildman–Crippen MR) is 82.2 cm³/mol. The average Bonchev–Trinajstić information content (AvgIpc) is 2.37. The quantitative estimate of drug-likeness (QED) is 0.800. The molecular weight excluding hydrogens is 259 g/mol. The summed E-state index contributed by atoms with van der Waals surface area (Å²) in [5.41, 5.74) is 3.52. The first-order chi connectivity index (χ1) is 9.06. The zero-order valence-electron chi connectivity index (χ0n) is 10.8. The van der Waals surface area contributed by atoms with Crippen molar-refractivity contribution in [2.75, 3.05) is 10.6 Å². The number of nitrogens with one attached hydrogen (secondary N) is 2. The molecule has 19 heavy (non-hydrogen) atoms. The lowest BCUT2D eigenvalue weighted by molar-refractivity contribution is 0.632. The fourth-order valence-corrected chi connectivity index (χ4v) is 1.93. The summed E-state index contributed by atoms with van der Waals surface area (Å²) in [5, 5.41) is 6.30. The van der Waals surface area contributed by atoms with Crippen molar-refractivity contribution in [1.29, 1.82) is 0 Å². The van der Waals surface area contributed by atoms with Crippen LogP contribution in [0.15, 0.2) is 42.5 Å². The monoisotopic (exact) mass is 274 g/mol. The highest BCUT2D eigenvalue weighted by Crippen LogP contribution is 2.18. The minimum Gasteiger partial charge on any atom is -0.332 e. The maximum Gasteiger partial charge on any atom is 0.175 e. The number of hydrogen-bond acceptors (Lipinski definition) is 1. The van der Waals surface area contributed by atoms with Crippen LogP contribution in [0, 0.1) is 19.7 Å². The smallest absolute Gasteiger partial charge is 0.175 e. The van der Waals surface area contributed by atoms with Crippen LogP contribution in [0.3, 0.4) is 0 Å². The first-order valence-corrected chi connectivity index (χ1v) is 6.37. The first-order valence-electron chi connectivity index (χ1n) is 5.96. The standard InChI is InChI=1S/C15H15FN2S/c1-10-7-8-11(2)14(9-10)18-15(19)17-13-6-4-3-5-12(13)16/h3-9H,1-2H3,(H2,17,18,19). The second-order valence-corrected chi connectivity index (χ2v) is 4.79. The Labute approximate surface area is 117 Å². The molecule has 0 unspecified atom stereocenters. The van der Waals surface area contributed by atoms with Gasteiger partial charge in [0.25, 0.3) is 0 Å².